The summed E-state index contributed by atoms with van der Waals surface area (Å²) in [5.74, 6) is 0.460. The van der Waals surface area contributed by atoms with E-state index in [2.05, 4.69) is 41.5 Å². The van der Waals surface area contributed by atoms with Crippen molar-refractivity contribution in [3.8, 4) is 0 Å². The molecule has 3 nitrogen and oxygen atoms in total. The van der Waals surface area contributed by atoms with E-state index in [-0.39, 0.29) is 0 Å². The normalized spacial score (nSPS) is 12.5. The summed E-state index contributed by atoms with van der Waals surface area (Å²) in [7, 11) is 0. The lowest BCUT2D eigenvalue weighted by Gasteiger charge is -2.12. The zero-order chi connectivity index (χ0) is 13.5. The molecule has 3 N–H and O–H groups in total. The minimum Gasteiger partial charge on any atom is -0.330 e. The number of aromatic nitrogens is 1. The molecule has 0 aliphatic rings. The number of nitrogens with two attached hydrogens (primary N) is 1. The topological polar surface area (TPSA) is 50.9 Å². The van der Waals surface area contributed by atoms with Crippen LogP contribution in [0.15, 0.2) is 35.8 Å². The summed E-state index contributed by atoms with van der Waals surface area (Å²) < 4.78 is 0. The maximum Gasteiger partial charge on any atom is 0.0965 e. The molecule has 0 spiro atoms. The van der Waals surface area contributed by atoms with Gasteiger partial charge in [-0.15, -0.1) is 11.3 Å². The second-order valence-corrected chi connectivity index (χ2v) is 5.64. The van der Waals surface area contributed by atoms with Gasteiger partial charge in [0.1, 0.15) is 0 Å². The lowest BCUT2D eigenvalue weighted by atomic mass is 10.0. The van der Waals surface area contributed by atoms with Crippen LogP contribution in [-0.2, 0) is 13.0 Å². The van der Waals surface area contributed by atoms with Gasteiger partial charge >= 0.3 is 0 Å². The van der Waals surface area contributed by atoms with Gasteiger partial charge in [0.2, 0.25) is 0 Å². The van der Waals surface area contributed by atoms with Crippen LogP contribution in [0.1, 0.15) is 29.0 Å². The Morgan fingerprint density at radius 1 is 1.32 bits per heavy atom. The third-order valence-corrected chi connectivity index (χ3v) is 4.18. The third-order valence-electron chi connectivity index (χ3n) is 3.17. The minimum absolute atomic E-state index is 0.460. The third kappa shape index (κ3) is 4.13. The molecule has 1 heterocycles. The highest BCUT2D eigenvalue weighted by Gasteiger charge is 2.08. The molecule has 0 aliphatic heterocycles. The van der Waals surface area contributed by atoms with Crippen LogP contribution in [0.3, 0.4) is 0 Å². The van der Waals surface area contributed by atoms with Crippen molar-refractivity contribution in [2.75, 3.05) is 13.1 Å². The van der Waals surface area contributed by atoms with Gasteiger partial charge in [0.05, 0.1) is 5.01 Å². The van der Waals surface area contributed by atoms with Crippen molar-refractivity contribution < 1.29 is 0 Å². The summed E-state index contributed by atoms with van der Waals surface area (Å²) in [6, 6.07) is 8.49. The van der Waals surface area contributed by atoms with Gasteiger partial charge in [-0.3, -0.25) is 0 Å². The second-order valence-electron chi connectivity index (χ2n) is 4.71. The van der Waals surface area contributed by atoms with Gasteiger partial charge in [-0.1, -0.05) is 31.2 Å². The minimum atomic E-state index is 0.460. The van der Waals surface area contributed by atoms with Gasteiger partial charge in [-0.05, 0) is 24.1 Å². The van der Waals surface area contributed by atoms with Gasteiger partial charge in [0, 0.05) is 30.6 Å². The van der Waals surface area contributed by atoms with Crippen LogP contribution in [-0.4, -0.2) is 18.1 Å². The summed E-state index contributed by atoms with van der Waals surface area (Å²) in [4.78, 5) is 4.35. The van der Waals surface area contributed by atoms with E-state index < -0.39 is 0 Å². The highest BCUT2D eigenvalue weighted by Crippen LogP contribution is 2.16. The largest absolute Gasteiger partial charge is 0.330 e. The zero-order valence-electron chi connectivity index (χ0n) is 11.3. The molecule has 102 valence electrons. The van der Waals surface area contributed by atoms with Crippen molar-refractivity contribution in [3.63, 3.8) is 0 Å². The average Bonchev–Trinajstić information content (AvgIpc) is 2.95. The molecule has 0 saturated heterocycles. The van der Waals surface area contributed by atoms with E-state index in [4.69, 9.17) is 5.73 Å². The van der Waals surface area contributed by atoms with Crippen molar-refractivity contribution in [3.05, 3.63) is 52.0 Å². The Bertz CT molecular complexity index is 482. The van der Waals surface area contributed by atoms with Crippen molar-refractivity contribution >= 4 is 11.3 Å². The molecular weight excluding hydrogens is 254 g/mol. The van der Waals surface area contributed by atoms with Crippen molar-refractivity contribution in [1.29, 1.82) is 0 Å². The molecule has 19 heavy (non-hydrogen) atoms. The van der Waals surface area contributed by atoms with Crippen LogP contribution in [0, 0.1) is 0 Å². The standard InChI is InChI=1S/C15H21N3S/c1-12(15-18-8-9-19-15)10-17-11-14-5-3-2-4-13(14)6-7-16/h2-5,8-9,12,17H,6-7,10-11,16H2,1H3. The van der Waals surface area contributed by atoms with E-state index >= 15 is 0 Å². The summed E-state index contributed by atoms with van der Waals surface area (Å²) in [6.45, 7) is 4.75. The number of hydrogen-bond acceptors (Lipinski definition) is 4. The molecule has 0 saturated carbocycles. The first-order valence-electron chi connectivity index (χ1n) is 6.68. The number of nitrogens with zero attached hydrogens (tertiary/aromatic N) is 1. The molecule has 1 atom stereocenters. The molecule has 2 rings (SSSR count). The van der Waals surface area contributed by atoms with Crippen LogP contribution >= 0.6 is 11.3 Å². The Kier molecular flexibility index (Phi) is 5.51. The van der Waals surface area contributed by atoms with Crippen LogP contribution in [0.2, 0.25) is 0 Å². The fraction of sp³-hybridized carbons (Fsp3) is 0.400. The van der Waals surface area contributed by atoms with Gasteiger partial charge in [-0.2, -0.15) is 0 Å². The smallest absolute Gasteiger partial charge is 0.0965 e. The molecule has 1 unspecified atom stereocenters. The SMILES string of the molecule is CC(CNCc1ccccc1CCN)c1nccs1. The lowest BCUT2D eigenvalue weighted by Crippen LogP contribution is -2.20. The Hall–Kier alpha value is -1.23. The van der Waals surface area contributed by atoms with E-state index in [1.54, 1.807) is 11.3 Å². The van der Waals surface area contributed by atoms with E-state index in [1.807, 2.05) is 11.6 Å². The van der Waals surface area contributed by atoms with Crippen molar-refractivity contribution in [2.45, 2.75) is 25.8 Å². The van der Waals surface area contributed by atoms with Gasteiger partial charge in [0.25, 0.3) is 0 Å². The molecule has 4 heteroatoms. The quantitative estimate of drug-likeness (QED) is 0.816. The van der Waals surface area contributed by atoms with E-state index in [0.717, 1.165) is 19.5 Å². The predicted octanol–water partition coefficient (Wildman–Crippen LogP) is 2.54. The number of nitrogens with one attached hydrogen (secondary N) is 1. The summed E-state index contributed by atoms with van der Waals surface area (Å²) in [5.41, 5.74) is 8.34. The van der Waals surface area contributed by atoms with Crippen LogP contribution < -0.4 is 11.1 Å². The molecule has 0 aliphatic carbocycles. The van der Waals surface area contributed by atoms with Gasteiger partial charge in [0.15, 0.2) is 0 Å². The van der Waals surface area contributed by atoms with E-state index in [0.29, 0.717) is 12.5 Å². The highest BCUT2D eigenvalue weighted by molar-refractivity contribution is 7.09. The summed E-state index contributed by atoms with van der Waals surface area (Å²) in [6.07, 6.45) is 2.81. The van der Waals surface area contributed by atoms with E-state index in [1.165, 1.54) is 16.1 Å². The van der Waals surface area contributed by atoms with Crippen LogP contribution in [0.25, 0.3) is 0 Å². The van der Waals surface area contributed by atoms with Gasteiger partial charge in [-0.25, -0.2) is 4.98 Å². The highest BCUT2D eigenvalue weighted by atomic mass is 32.1. The molecule has 1 aromatic carbocycles. The molecule has 0 bridgehead atoms. The maximum absolute atomic E-state index is 5.64. The number of benzene rings is 1. The monoisotopic (exact) mass is 275 g/mol. The molecule has 0 radical (unpaired) electrons. The van der Waals surface area contributed by atoms with Crippen LogP contribution in [0.5, 0.6) is 0 Å². The number of thiazole rings is 1. The predicted molar refractivity (Wildman–Crippen MR) is 81.4 cm³/mol. The average molecular weight is 275 g/mol. The van der Waals surface area contributed by atoms with Gasteiger partial charge < -0.3 is 11.1 Å². The summed E-state index contributed by atoms with van der Waals surface area (Å²) >= 11 is 1.72. The second kappa shape index (κ2) is 7.38. The zero-order valence-corrected chi connectivity index (χ0v) is 12.1. The maximum atomic E-state index is 5.64. The Balaban J connectivity index is 1.85. The molecule has 2 aromatic rings. The molecule has 0 amide bonds. The molecular formula is C15H21N3S. The van der Waals surface area contributed by atoms with Crippen molar-refractivity contribution in [2.24, 2.45) is 5.73 Å². The first-order valence-corrected chi connectivity index (χ1v) is 7.56. The summed E-state index contributed by atoms with van der Waals surface area (Å²) in [5, 5.41) is 6.74. The molecule has 1 aromatic heterocycles. The number of hydrogen-bond donors (Lipinski definition) is 2. The Labute approximate surface area is 118 Å². The Morgan fingerprint density at radius 2 is 2.11 bits per heavy atom. The fourth-order valence-corrected chi connectivity index (χ4v) is 2.82. The lowest BCUT2D eigenvalue weighted by molar-refractivity contribution is 0.610. The first-order chi connectivity index (χ1) is 9.31. The first kappa shape index (κ1) is 14.2. The van der Waals surface area contributed by atoms with E-state index in [9.17, 15) is 0 Å². The Morgan fingerprint density at radius 3 is 2.79 bits per heavy atom. The fourth-order valence-electron chi connectivity index (χ4n) is 2.12. The van der Waals surface area contributed by atoms with Crippen LogP contribution in [0.4, 0.5) is 0 Å². The van der Waals surface area contributed by atoms with Crippen molar-refractivity contribution in [1.82, 2.24) is 10.3 Å². The number of rotatable bonds is 7. The molecule has 0 fully saturated rings.